The second-order valence-electron chi connectivity index (χ2n) is 5.74. The Morgan fingerprint density at radius 1 is 1.32 bits per heavy atom. The minimum absolute atomic E-state index is 0.0223. The minimum atomic E-state index is -0.0223. The fourth-order valence-electron chi connectivity index (χ4n) is 2.65. The van der Waals surface area contributed by atoms with Crippen molar-refractivity contribution >= 4 is 18.4 Å². The summed E-state index contributed by atoms with van der Waals surface area (Å²) in [7, 11) is 0. The van der Waals surface area contributed by atoms with Gasteiger partial charge in [0.25, 0.3) is 0 Å². The summed E-state index contributed by atoms with van der Waals surface area (Å²) in [5.41, 5.74) is 4.82. The SMILES string of the molecule is Cc1cc(C)c(/C=N\n2c([C@H]3CCCO3)n[nH]c2=S)cc1C. The zero-order valence-corrected chi connectivity index (χ0v) is 13.9. The number of hydrogen-bond donors (Lipinski definition) is 1. The Labute approximate surface area is 135 Å². The lowest BCUT2D eigenvalue weighted by atomic mass is 10.0. The number of nitrogens with one attached hydrogen (secondary N) is 1. The zero-order valence-electron chi connectivity index (χ0n) is 13.1. The Morgan fingerprint density at radius 3 is 2.82 bits per heavy atom. The van der Waals surface area contributed by atoms with Crippen molar-refractivity contribution in [1.82, 2.24) is 14.9 Å². The minimum Gasteiger partial charge on any atom is -0.370 e. The molecule has 0 bridgehead atoms. The molecule has 22 heavy (non-hydrogen) atoms. The third-order valence-electron chi connectivity index (χ3n) is 4.09. The lowest BCUT2D eigenvalue weighted by molar-refractivity contribution is 0.102. The second-order valence-corrected chi connectivity index (χ2v) is 6.12. The zero-order chi connectivity index (χ0) is 15.7. The van der Waals surface area contributed by atoms with Crippen LogP contribution in [-0.4, -0.2) is 27.7 Å². The molecule has 0 radical (unpaired) electrons. The van der Waals surface area contributed by atoms with Crippen molar-refractivity contribution in [2.45, 2.75) is 39.7 Å². The van der Waals surface area contributed by atoms with Crippen LogP contribution < -0.4 is 0 Å². The standard InChI is InChI=1S/C16H20N4OS/c1-10-7-12(3)13(8-11(10)2)9-17-20-15(18-19-16(20)22)14-5-4-6-21-14/h7-9,14H,4-6H2,1-3H3,(H,19,22)/b17-9-/t14-/m1/s1. The number of aryl methyl sites for hydroxylation is 3. The van der Waals surface area contributed by atoms with Gasteiger partial charge in [-0.15, -0.1) is 0 Å². The van der Waals surface area contributed by atoms with E-state index in [2.05, 4.69) is 48.2 Å². The van der Waals surface area contributed by atoms with E-state index in [0.29, 0.717) is 4.77 Å². The van der Waals surface area contributed by atoms with Crippen LogP contribution in [0.3, 0.4) is 0 Å². The van der Waals surface area contributed by atoms with Gasteiger partial charge in [0.05, 0.1) is 6.21 Å². The first-order chi connectivity index (χ1) is 10.6. The number of H-pyrrole nitrogens is 1. The fourth-order valence-corrected chi connectivity index (χ4v) is 2.83. The third-order valence-corrected chi connectivity index (χ3v) is 4.35. The summed E-state index contributed by atoms with van der Waals surface area (Å²) in [6.45, 7) is 7.08. The highest BCUT2D eigenvalue weighted by Gasteiger charge is 2.23. The van der Waals surface area contributed by atoms with Gasteiger partial charge in [0.2, 0.25) is 4.77 Å². The predicted molar refractivity (Wildman–Crippen MR) is 89.0 cm³/mol. The van der Waals surface area contributed by atoms with Gasteiger partial charge in [-0.2, -0.15) is 14.9 Å². The molecule has 1 saturated heterocycles. The molecule has 1 atom stereocenters. The van der Waals surface area contributed by atoms with Crippen molar-refractivity contribution < 1.29 is 4.74 Å². The van der Waals surface area contributed by atoms with E-state index in [0.717, 1.165) is 30.8 Å². The van der Waals surface area contributed by atoms with Gasteiger partial charge in [-0.3, -0.25) is 5.10 Å². The number of aromatic amines is 1. The molecule has 0 unspecified atom stereocenters. The van der Waals surface area contributed by atoms with E-state index in [1.165, 1.54) is 16.7 Å². The lowest BCUT2D eigenvalue weighted by Gasteiger charge is -2.08. The number of rotatable bonds is 3. The molecule has 0 spiro atoms. The molecule has 1 aliphatic rings. The molecule has 1 N–H and O–H groups in total. The number of ether oxygens (including phenoxy) is 1. The van der Waals surface area contributed by atoms with Crippen LogP contribution in [0.25, 0.3) is 0 Å². The summed E-state index contributed by atoms with van der Waals surface area (Å²) >= 11 is 5.28. The Hall–Kier alpha value is -1.79. The highest BCUT2D eigenvalue weighted by molar-refractivity contribution is 7.71. The van der Waals surface area contributed by atoms with Crippen LogP contribution >= 0.6 is 12.2 Å². The number of aromatic nitrogens is 3. The van der Waals surface area contributed by atoms with Crippen LogP contribution in [-0.2, 0) is 4.74 Å². The molecule has 5 nitrogen and oxygen atoms in total. The van der Waals surface area contributed by atoms with Crippen molar-refractivity contribution in [3.63, 3.8) is 0 Å². The summed E-state index contributed by atoms with van der Waals surface area (Å²) in [4.78, 5) is 0. The summed E-state index contributed by atoms with van der Waals surface area (Å²) in [5, 5.41) is 11.6. The first kappa shape index (κ1) is 15.1. The van der Waals surface area contributed by atoms with Crippen molar-refractivity contribution in [2.75, 3.05) is 6.61 Å². The van der Waals surface area contributed by atoms with Crippen LogP contribution in [0.2, 0.25) is 0 Å². The number of nitrogens with zero attached hydrogens (tertiary/aromatic N) is 3. The van der Waals surface area contributed by atoms with Gasteiger partial charge in [-0.25, -0.2) is 0 Å². The first-order valence-electron chi connectivity index (χ1n) is 7.47. The van der Waals surface area contributed by atoms with Crippen LogP contribution in [0.4, 0.5) is 0 Å². The van der Waals surface area contributed by atoms with Crippen LogP contribution in [0.15, 0.2) is 17.2 Å². The molecule has 0 aliphatic carbocycles. The van der Waals surface area contributed by atoms with E-state index < -0.39 is 0 Å². The molecule has 1 fully saturated rings. The average Bonchev–Trinajstić information content (AvgIpc) is 3.11. The lowest BCUT2D eigenvalue weighted by Crippen LogP contribution is -2.05. The van der Waals surface area contributed by atoms with E-state index in [4.69, 9.17) is 17.0 Å². The monoisotopic (exact) mass is 316 g/mol. The van der Waals surface area contributed by atoms with Crippen LogP contribution in [0, 0.1) is 25.5 Å². The van der Waals surface area contributed by atoms with Gasteiger partial charge in [0.15, 0.2) is 5.82 Å². The van der Waals surface area contributed by atoms with Gasteiger partial charge in [0.1, 0.15) is 6.10 Å². The van der Waals surface area contributed by atoms with Crippen LogP contribution in [0.5, 0.6) is 0 Å². The van der Waals surface area contributed by atoms with Crippen molar-refractivity contribution in [1.29, 1.82) is 0 Å². The Morgan fingerprint density at radius 2 is 2.09 bits per heavy atom. The molecule has 6 heteroatoms. The van der Waals surface area contributed by atoms with Gasteiger partial charge in [-0.1, -0.05) is 6.07 Å². The van der Waals surface area contributed by atoms with E-state index in [1.54, 1.807) is 4.68 Å². The molecule has 1 aromatic carbocycles. The van der Waals surface area contributed by atoms with E-state index in [1.807, 2.05) is 6.21 Å². The van der Waals surface area contributed by atoms with Gasteiger partial charge in [0, 0.05) is 6.61 Å². The molecule has 1 aromatic heterocycles. The van der Waals surface area contributed by atoms with Crippen molar-refractivity contribution in [3.05, 3.63) is 45.0 Å². The normalized spacial score (nSPS) is 18.4. The first-order valence-corrected chi connectivity index (χ1v) is 7.88. The maximum atomic E-state index is 5.68. The Bertz CT molecular complexity index is 769. The fraction of sp³-hybridized carbons (Fsp3) is 0.438. The summed E-state index contributed by atoms with van der Waals surface area (Å²) in [6.07, 6.45) is 3.82. The predicted octanol–water partition coefficient (Wildman–Crippen LogP) is 3.60. The van der Waals surface area contributed by atoms with Gasteiger partial charge < -0.3 is 4.74 Å². The molecule has 116 valence electrons. The quantitative estimate of drug-likeness (QED) is 0.695. The van der Waals surface area contributed by atoms with Gasteiger partial charge >= 0.3 is 0 Å². The van der Waals surface area contributed by atoms with E-state index in [-0.39, 0.29) is 6.10 Å². The molecule has 0 saturated carbocycles. The second kappa shape index (κ2) is 6.14. The maximum Gasteiger partial charge on any atom is 0.216 e. The third kappa shape index (κ3) is 2.89. The molecule has 0 amide bonds. The maximum absolute atomic E-state index is 5.68. The Kier molecular flexibility index (Phi) is 4.22. The largest absolute Gasteiger partial charge is 0.370 e. The highest BCUT2D eigenvalue weighted by atomic mass is 32.1. The molecule has 2 aromatic rings. The van der Waals surface area contributed by atoms with E-state index in [9.17, 15) is 0 Å². The summed E-state index contributed by atoms with van der Waals surface area (Å²) in [5.74, 6) is 0.750. The van der Waals surface area contributed by atoms with Crippen LogP contribution in [0.1, 0.15) is 47.0 Å². The summed E-state index contributed by atoms with van der Waals surface area (Å²) < 4.78 is 7.84. The molecule has 1 aliphatic heterocycles. The average molecular weight is 316 g/mol. The smallest absolute Gasteiger partial charge is 0.216 e. The number of benzene rings is 1. The topological polar surface area (TPSA) is 55.2 Å². The van der Waals surface area contributed by atoms with Gasteiger partial charge in [-0.05, 0) is 74.2 Å². The van der Waals surface area contributed by atoms with Crippen molar-refractivity contribution in [3.8, 4) is 0 Å². The molecule has 3 rings (SSSR count). The number of hydrogen-bond acceptors (Lipinski definition) is 4. The van der Waals surface area contributed by atoms with Crippen molar-refractivity contribution in [2.24, 2.45) is 5.10 Å². The summed E-state index contributed by atoms with van der Waals surface area (Å²) in [6, 6.07) is 4.32. The Balaban J connectivity index is 1.94. The molecule has 2 heterocycles. The molecular formula is C16H20N4OS. The highest BCUT2D eigenvalue weighted by Crippen LogP contribution is 2.27. The van der Waals surface area contributed by atoms with E-state index >= 15 is 0 Å². The molecular weight excluding hydrogens is 296 g/mol.